The van der Waals surface area contributed by atoms with Crippen molar-refractivity contribution in [2.75, 3.05) is 0 Å². The van der Waals surface area contributed by atoms with Gasteiger partial charge >= 0.3 is 5.97 Å². The largest absolute Gasteiger partial charge is 0.480 e. The Morgan fingerprint density at radius 2 is 2.05 bits per heavy atom. The predicted molar refractivity (Wildman–Crippen MR) is 76.9 cm³/mol. The van der Waals surface area contributed by atoms with E-state index in [9.17, 15) is 9.59 Å². The molecule has 19 heavy (non-hydrogen) atoms. The molecule has 0 aliphatic heterocycles. The summed E-state index contributed by atoms with van der Waals surface area (Å²) in [5.41, 5.74) is 1.19. The van der Waals surface area contributed by atoms with E-state index in [0.29, 0.717) is 11.3 Å². The average molecular weight is 283 g/mol. The van der Waals surface area contributed by atoms with Gasteiger partial charge in [0, 0.05) is 4.88 Å². The van der Waals surface area contributed by atoms with Crippen molar-refractivity contribution < 1.29 is 14.7 Å². The van der Waals surface area contributed by atoms with Gasteiger partial charge < -0.3 is 10.4 Å². The lowest BCUT2D eigenvalue weighted by atomic mass is 10.1. The first kappa shape index (κ1) is 15.7. The van der Waals surface area contributed by atoms with Crippen molar-refractivity contribution in [2.24, 2.45) is 0 Å². The van der Waals surface area contributed by atoms with E-state index >= 15 is 0 Å². The number of nitrogens with one attached hydrogen (secondary N) is 1. The molecule has 0 fully saturated rings. The number of carbonyl (C=O) groups excluding carboxylic acids is 1. The topological polar surface area (TPSA) is 66.4 Å². The Kier molecular flexibility index (Phi) is 6.02. The molecule has 2 N–H and O–H groups in total. The third kappa shape index (κ3) is 4.06. The molecule has 1 amide bonds. The molecule has 0 radical (unpaired) electrons. The van der Waals surface area contributed by atoms with Crippen LogP contribution in [0, 0.1) is 0 Å². The van der Waals surface area contributed by atoms with Crippen LogP contribution >= 0.6 is 11.3 Å². The molecule has 0 aliphatic carbocycles. The van der Waals surface area contributed by atoms with E-state index in [2.05, 4.69) is 19.2 Å². The predicted octanol–water partition coefficient (Wildman–Crippen LogP) is 2.86. The van der Waals surface area contributed by atoms with Crippen molar-refractivity contribution in [3.63, 3.8) is 0 Å². The van der Waals surface area contributed by atoms with Crippen LogP contribution in [-0.4, -0.2) is 23.0 Å². The molecule has 1 heterocycles. The second kappa shape index (κ2) is 7.28. The Balaban J connectivity index is 2.84. The lowest BCUT2D eigenvalue weighted by Gasteiger charge is -2.10. The lowest BCUT2D eigenvalue weighted by Crippen LogP contribution is -2.39. The van der Waals surface area contributed by atoms with Gasteiger partial charge in [-0.05, 0) is 30.9 Å². The van der Waals surface area contributed by atoms with Gasteiger partial charge in [-0.3, -0.25) is 4.79 Å². The molecule has 4 nitrogen and oxygen atoms in total. The van der Waals surface area contributed by atoms with E-state index in [0.717, 1.165) is 19.3 Å². The van der Waals surface area contributed by atoms with E-state index in [1.54, 1.807) is 6.92 Å². The van der Waals surface area contributed by atoms with E-state index < -0.39 is 12.0 Å². The van der Waals surface area contributed by atoms with Crippen LogP contribution in [0.25, 0.3) is 0 Å². The zero-order valence-corrected chi connectivity index (χ0v) is 12.5. The van der Waals surface area contributed by atoms with Gasteiger partial charge in [-0.2, -0.15) is 0 Å². The first-order valence-corrected chi connectivity index (χ1v) is 7.50. The van der Waals surface area contributed by atoms with E-state index in [-0.39, 0.29) is 5.91 Å². The summed E-state index contributed by atoms with van der Waals surface area (Å²) < 4.78 is 0. The minimum atomic E-state index is -0.989. The van der Waals surface area contributed by atoms with Crippen molar-refractivity contribution in [3.05, 3.63) is 21.4 Å². The maximum absolute atomic E-state index is 12.0. The van der Waals surface area contributed by atoms with Crippen molar-refractivity contribution >= 4 is 23.2 Å². The second-order valence-electron chi connectivity index (χ2n) is 4.44. The molecule has 0 saturated carbocycles. The molecule has 0 bridgehead atoms. The number of thiophene rings is 1. The van der Waals surface area contributed by atoms with Gasteiger partial charge in [-0.15, -0.1) is 11.3 Å². The van der Waals surface area contributed by atoms with Crippen molar-refractivity contribution in [3.8, 4) is 0 Å². The highest BCUT2D eigenvalue weighted by molar-refractivity contribution is 7.14. The molecule has 0 aliphatic rings. The van der Waals surface area contributed by atoms with Gasteiger partial charge in [0.15, 0.2) is 0 Å². The summed E-state index contributed by atoms with van der Waals surface area (Å²) in [6, 6.07) is 1.08. The molecule has 0 unspecified atom stereocenters. The number of hydrogen-bond acceptors (Lipinski definition) is 3. The maximum Gasteiger partial charge on any atom is 0.326 e. The van der Waals surface area contributed by atoms with Crippen molar-refractivity contribution in [1.29, 1.82) is 0 Å². The fraction of sp³-hybridized carbons (Fsp3) is 0.571. The minimum absolute atomic E-state index is 0.281. The van der Waals surface area contributed by atoms with Crippen molar-refractivity contribution in [1.82, 2.24) is 5.32 Å². The standard InChI is InChI=1S/C14H21NO3S/c1-4-7-11-9(5-2)8-12(19-11)13(16)15-10(6-3)14(17)18/h8,10H,4-7H2,1-3H3,(H,15,16)(H,17,18)/t10-/m1/s1. The Morgan fingerprint density at radius 3 is 2.53 bits per heavy atom. The zero-order chi connectivity index (χ0) is 14.4. The summed E-state index contributed by atoms with van der Waals surface area (Å²) in [7, 11) is 0. The van der Waals surface area contributed by atoms with Crippen LogP contribution in [0.3, 0.4) is 0 Å². The Morgan fingerprint density at radius 1 is 1.37 bits per heavy atom. The first-order chi connectivity index (χ1) is 9.03. The van der Waals surface area contributed by atoms with Gasteiger partial charge in [0.05, 0.1) is 4.88 Å². The molecule has 1 aromatic heterocycles. The van der Waals surface area contributed by atoms with Gasteiger partial charge in [0.1, 0.15) is 6.04 Å². The third-order valence-corrected chi connectivity index (χ3v) is 4.23. The van der Waals surface area contributed by atoms with Crippen molar-refractivity contribution in [2.45, 2.75) is 52.5 Å². The monoisotopic (exact) mass is 283 g/mol. The molecule has 1 aromatic rings. The first-order valence-electron chi connectivity index (χ1n) is 6.68. The zero-order valence-electron chi connectivity index (χ0n) is 11.7. The second-order valence-corrected chi connectivity index (χ2v) is 5.57. The molecule has 0 saturated heterocycles. The fourth-order valence-corrected chi connectivity index (χ4v) is 3.14. The van der Waals surface area contributed by atoms with E-state index in [1.807, 2.05) is 6.07 Å². The Bertz CT molecular complexity index is 454. The Hall–Kier alpha value is -1.36. The highest BCUT2D eigenvalue weighted by atomic mass is 32.1. The summed E-state index contributed by atoms with van der Waals surface area (Å²) in [4.78, 5) is 24.8. The van der Waals surface area contributed by atoms with Crippen LogP contribution in [0.4, 0.5) is 0 Å². The summed E-state index contributed by atoms with van der Waals surface area (Å²) in [6.45, 7) is 5.92. The Labute approximate surface area is 117 Å². The smallest absolute Gasteiger partial charge is 0.326 e. The third-order valence-electron chi connectivity index (χ3n) is 2.99. The molecule has 1 atom stereocenters. The quantitative estimate of drug-likeness (QED) is 0.808. The number of hydrogen-bond donors (Lipinski definition) is 2. The molecule has 1 rings (SSSR count). The molecule has 5 heteroatoms. The number of carboxylic acids is 1. The number of rotatable bonds is 7. The van der Waals surface area contributed by atoms with Gasteiger partial charge in [-0.1, -0.05) is 27.2 Å². The number of carbonyl (C=O) groups is 2. The van der Waals surface area contributed by atoms with Crippen LogP contribution in [0.2, 0.25) is 0 Å². The van der Waals surface area contributed by atoms with Crippen LogP contribution < -0.4 is 5.32 Å². The molecule has 0 aromatic carbocycles. The number of aryl methyl sites for hydroxylation is 2. The highest BCUT2D eigenvalue weighted by Crippen LogP contribution is 2.24. The SMILES string of the molecule is CCCc1sc(C(=O)N[C@H](CC)C(=O)O)cc1CC. The minimum Gasteiger partial charge on any atom is -0.480 e. The van der Waals surface area contributed by atoms with Crippen LogP contribution in [0.15, 0.2) is 6.07 Å². The van der Waals surface area contributed by atoms with Crippen LogP contribution in [-0.2, 0) is 17.6 Å². The maximum atomic E-state index is 12.0. The van der Waals surface area contributed by atoms with Gasteiger partial charge in [0.25, 0.3) is 5.91 Å². The molecule has 0 spiro atoms. The number of carboxylic acid groups (broad SMARTS) is 1. The van der Waals surface area contributed by atoms with E-state index in [1.165, 1.54) is 21.8 Å². The number of amides is 1. The molecular formula is C14H21NO3S. The molecule has 106 valence electrons. The summed E-state index contributed by atoms with van der Waals surface area (Å²) in [5, 5.41) is 11.5. The summed E-state index contributed by atoms with van der Waals surface area (Å²) >= 11 is 1.48. The number of aliphatic carboxylic acids is 1. The highest BCUT2D eigenvalue weighted by Gasteiger charge is 2.20. The average Bonchev–Trinajstić information content (AvgIpc) is 2.79. The van der Waals surface area contributed by atoms with Gasteiger partial charge in [0.2, 0.25) is 0 Å². The molecular weight excluding hydrogens is 262 g/mol. The van der Waals surface area contributed by atoms with E-state index in [4.69, 9.17) is 5.11 Å². The fourth-order valence-electron chi connectivity index (χ4n) is 1.88. The van der Waals surface area contributed by atoms with Crippen LogP contribution in [0.1, 0.15) is 53.7 Å². The van der Waals surface area contributed by atoms with Gasteiger partial charge in [-0.25, -0.2) is 4.79 Å². The summed E-state index contributed by atoms with van der Waals surface area (Å²) in [6.07, 6.45) is 3.29. The normalized spacial score (nSPS) is 12.2. The summed E-state index contributed by atoms with van der Waals surface area (Å²) in [5.74, 6) is -1.27. The van der Waals surface area contributed by atoms with Crippen LogP contribution in [0.5, 0.6) is 0 Å². The lowest BCUT2D eigenvalue weighted by molar-refractivity contribution is -0.139.